The number of carbonyl (C=O) groups excluding carboxylic acids is 1. The molecule has 0 spiro atoms. The van der Waals surface area contributed by atoms with Crippen LogP contribution in [0.4, 0.5) is 18.9 Å². The van der Waals surface area contributed by atoms with Crippen LogP contribution in [0.3, 0.4) is 0 Å². The van der Waals surface area contributed by atoms with Crippen molar-refractivity contribution in [2.45, 2.75) is 6.36 Å². The number of benzene rings is 3. The Hall–Kier alpha value is -4.25. The zero-order valence-electron chi connectivity index (χ0n) is 18.2. The highest BCUT2D eigenvalue weighted by Crippen LogP contribution is 2.24. The molecule has 0 aliphatic rings. The van der Waals surface area contributed by atoms with Gasteiger partial charge in [-0.25, -0.2) is 9.67 Å². The first-order chi connectivity index (χ1) is 16.7. The van der Waals surface area contributed by atoms with Crippen LogP contribution in [0, 0.1) is 0 Å². The minimum atomic E-state index is -4.75. The Balaban J connectivity index is 1.42. The lowest BCUT2D eigenvalue weighted by Gasteiger charge is -2.20. The van der Waals surface area contributed by atoms with E-state index in [0.717, 1.165) is 11.3 Å². The van der Waals surface area contributed by atoms with Gasteiger partial charge in [0.05, 0.1) is 5.69 Å². The van der Waals surface area contributed by atoms with Crippen molar-refractivity contribution in [2.24, 2.45) is 0 Å². The van der Waals surface area contributed by atoms with E-state index >= 15 is 0 Å². The van der Waals surface area contributed by atoms with Crippen LogP contribution in [0.2, 0.25) is 0 Å². The van der Waals surface area contributed by atoms with E-state index in [1.807, 2.05) is 6.07 Å². The van der Waals surface area contributed by atoms with Crippen LogP contribution in [0.15, 0.2) is 85.2 Å². The van der Waals surface area contributed by atoms with Crippen molar-refractivity contribution in [1.82, 2.24) is 20.1 Å². The summed E-state index contributed by atoms with van der Waals surface area (Å²) < 4.78 is 42.3. The van der Waals surface area contributed by atoms with Gasteiger partial charge in [-0.1, -0.05) is 18.2 Å². The Morgan fingerprint density at radius 1 is 1.00 bits per heavy atom. The van der Waals surface area contributed by atoms with Crippen molar-refractivity contribution in [3.8, 4) is 22.8 Å². The molecule has 178 valence electrons. The summed E-state index contributed by atoms with van der Waals surface area (Å²) in [6.45, 7) is 0. The first-order valence-electron chi connectivity index (χ1n) is 10.2. The van der Waals surface area contributed by atoms with Crippen molar-refractivity contribution in [3.63, 3.8) is 0 Å². The molecule has 4 rings (SSSR count). The lowest BCUT2D eigenvalue weighted by Crippen LogP contribution is -2.40. The summed E-state index contributed by atoms with van der Waals surface area (Å²) in [7, 11) is 1.74. The van der Waals surface area contributed by atoms with Gasteiger partial charge in [-0.15, -0.1) is 18.3 Å². The minimum Gasteiger partial charge on any atom is -0.406 e. The van der Waals surface area contributed by atoms with Gasteiger partial charge in [-0.2, -0.15) is 0 Å². The average Bonchev–Trinajstić information content (AvgIpc) is 3.34. The number of aromatic nitrogens is 3. The Kier molecular flexibility index (Phi) is 6.78. The molecule has 3 aromatic carbocycles. The molecule has 0 fully saturated rings. The normalized spacial score (nSPS) is 11.1. The second-order valence-corrected chi connectivity index (χ2v) is 7.67. The van der Waals surface area contributed by atoms with Crippen molar-refractivity contribution in [1.29, 1.82) is 0 Å². The lowest BCUT2D eigenvalue weighted by atomic mass is 10.2. The van der Waals surface area contributed by atoms with Crippen LogP contribution in [0.1, 0.15) is 10.4 Å². The maximum atomic E-state index is 12.3. The molecule has 35 heavy (non-hydrogen) atoms. The number of nitrogens with one attached hydrogen (secondary N) is 1. The number of thiocarbonyl (C=S) groups is 1. The number of nitrogens with zero attached hydrogens (tertiary/aromatic N) is 4. The van der Waals surface area contributed by atoms with Gasteiger partial charge in [0.25, 0.3) is 5.91 Å². The number of amides is 1. The van der Waals surface area contributed by atoms with Crippen molar-refractivity contribution in [2.75, 3.05) is 11.9 Å². The Labute approximate surface area is 203 Å². The predicted molar refractivity (Wildman–Crippen MR) is 128 cm³/mol. The van der Waals surface area contributed by atoms with Gasteiger partial charge in [0.1, 0.15) is 12.1 Å². The summed E-state index contributed by atoms with van der Waals surface area (Å²) in [5, 5.41) is 7.32. The van der Waals surface area contributed by atoms with Gasteiger partial charge in [-0.05, 0) is 72.9 Å². The molecule has 1 amide bonds. The molecule has 11 heteroatoms. The third-order valence-electron chi connectivity index (χ3n) is 4.90. The van der Waals surface area contributed by atoms with Gasteiger partial charge in [0.15, 0.2) is 10.9 Å². The molecule has 0 bridgehead atoms. The summed E-state index contributed by atoms with van der Waals surface area (Å²) in [4.78, 5) is 18.3. The Morgan fingerprint density at radius 2 is 1.66 bits per heavy atom. The second-order valence-electron chi connectivity index (χ2n) is 7.29. The molecule has 4 aromatic rings. The van der Waals surface area contributed by atoms with E-state index < -0.39 is 6.36 Å². The van der Waals surface area contributed by atoms with Gasteiger partial charge in [0.2, 0.25) is 0 Å². The number of alkyl halides is 3. The molecule has 0 radical (unpaired) electrons. The fourth-order valence-corrected chi connectivity index (χ4v) is 3.31. The molecular weight excluding hydrogens is 479 g/mol. The maximum absolute atomic E-state index is 12.3. The molecule has 1 aromatic heterocycles. The van der Waals surface area contributed by atoms with E-state index in [1.165, 1.54) is 35.3 Å². The Morgan fingerprint density at radius 3 is 2.29 bits per heavy atom. The zero-order valence-corrected chi connectivity index (χ0v) is 19.0. The number of carbonyl (C=O) groups is 1. The first-order valence-corrected chi connectivity index (χ1v) is 10.6. The molecule has 0 unspecified atom stereocenters. The monoisotopic (exact) mass is 497 g/mol. The first kappa shape index (κ1) is 23.9. The van der Waals surface area contributed by atoms with Crippen LogP contribution in [0.25, 0.3) is 17.1 Å². The van der Waals surface area contributed by atoms with Crippen molar-refractivity contribution in [3.05, 3.63) is 90.8 Å². The highest BCUT2D eigenvalue weighted by Gasteiger charge is 2.31. The van der Waals surface area contributed by atoms with Crippen molar-refractivity contribution < 1.29 is 22.7 Å². The summed E-state index contributed by atoms with van der Waals surface area (Å²) in [5.74, 6) is -0.194. The smallest absolute Gasteiger partial charge is 0.406 e. The van der Waals surface area contributed by atoms with Gasteiger partial charge in [-0.3, -0.25) is 10.1 Å². The fourth-order valence-electron chi connectivity index (χ4n) is 3.11. The molecule has 7 nitrogen and oxygen atoms in total. The minimum absolute atomic E-state index is 0.243. The third-order valence-corrected chi connectivity index (χ3v) is 5.28. The van der Waals surface area contributed by atoms with E-state index in [2.05, 4.69) is 20.1 Å². The summed E-state index contributed by atoms with van der Waals surface area (Å²) in [6.07, 6.45) is -3.29. The van der Waals surface area contributed by atoms with E-state index in [9.17, 15) is 18.0 Å². The largest absolute Gasteiger partial charge is 0.573 e. The van der Waals surface area contributed by atoms with E-state index in [1.54, 1.807) is 60.5 Å². The zero-order chi connectivity index (χ0) is 25.0. The quantitative estimate of drug-likeness (QED) is 0.392. The number of rotatable bonds is 5. The van der Waals surface area contributed by atoms with Gasteiger partial charge in [0, 0.05) is 23.9 Å². The number of anilines is 1. The van der Waals surface area contributed by atoms with Gasteiger partial charge < -0.3 is 9.64 Å². The maximum Gasteiger partial charge on any atom is 0.573 e. The number of hydrogen-bond donors (Lipinski definition) is 1. The standard InChI is InChI=1S/C24H18F3N5O2S/c1-31(23(35)29-22(33)17-5-3-2-4-6-17)18-9-7-16(8-10-18)21-28-15-32(30-21)19-11-13-20(14-12-19)34-24(25,26)27/h2-15H,1H3,(H,29,33,35). The molecule has 0 saturated carbocycles. The summed E-state index contributed by atoms with van der Waals surface area (Å²) >= 11 is 5.35. The molecule has 1 heterocycles. The highest BCUT2D eigenvalue weighted by atomic mass is 32.1. The number of hydrogen-bond acceptors (Lipinski definition) is 5. The summed E-state index contributed by atoms with van der Waals surface area (Å²) in [6, 6.07) is 21.3. The predicted octanol–water partition coefficient (Wildman–Crippen LogP) is 4.98. The molecule has 0 atom stereocenters. The van der Waals surface area contributed by atoms with E-state index in [0.29, 0.717) is 17.1 Å². The second kappa shape index (κ2) is 9.94. The fraction of sp³-hybridized carbons (Fsp3) is 0.0833. The van der Waals surface area contributed by atoms with E-state index in [-0.39, 0.29) is 16.8 Å². The summed E-state index contributed by atoms with van der Waals surface area (Å²) in [5.41, 5.74) is 2.49. The third kappa shape index (κ3) is 6.01. The number of ether oxygens (including phenoxy) is 1. The van der Waals surface area contributed by atoms with E-state index in [4.69, 9.17) is 12.2 Å². The average molecular weight is 498 g/mol. The topological polar surface area (TPSA) is 72.3 Å². The highest BCUT2D eigenvalue weighted by molar-refractivity contribution is 7.80. The van der Waals surface area contributed by atoms with Crippen LogP contribution in [-0.4, -0.2) is 39.2 Å². The van der Waals surface area contributed by atoms with Gasteiger partial charge >= 0.3 is 6.36 Å². The number of halogens is 3. The van der Waals surface area contributed by atoms with Crippen LogP contribution < -0.4 is 15.0 Å². The lowest BCUT2D eigenvalue weighted by molar-refractivity contribution is -0.274. The van der Waals surface area contributed by atoms with Crippen molar-refractivity contribution >= 4 is 28.9 Å². The Bertz CT molecular complexity index is 1320. The van der Waals surface area contributed by atoms with Crippen LogP contribution in [-0.2, 0) is 0 Å². The molecule has 1 N–H and O–H groups in total. The molecule has 0 aliphatic heterocycles. The molecular formula is C24H18F3N5O2S. The SMILES string of the molecule is CN(C(=S)NC(=O)c1ccccc1)c1ccc(-c2ncn(-c3ccc(OC(F)(F)F)cc3)n2)cc1. The van der Waals surface area contributed by atoms with Crippen LogP contribution >= 0.6 is 12.2 Å². The van der Waals surface area contributed by atoms with Crippen LogP contribution in [0.5, 0.6) is 5.75 Å². The molecule has 0 aliphatic carbocycles. The molecule has 0 saturated heterocycles.